The molecule has 1 aromatic heterocycles. The number of aryl methyl sites for hydroxylation is 1. The van der Waals surface area contributed by atoms with Gasteiger partial charge in [-0.3, -0.25) is 9.78 Å². The zero-order valence-corrected chi connectivity index (χ0v) is 17.2. The van der Waals surface area contributed by atoms with Gasteiger partial charge in [-0.2, -0.15) is 0 Å². The number of hydrogen-bond donors (Lipinski definition) is 1. The molecule has 0 bridgehead atoms. The largest absolute Gasteiger partial charge is 0.398 e. The van der Waals surface area contributed by atoms with Gasteiger partial charge in [-0.05, 0) is 72.4 Å². The van der Waals surface area contributed by atoms with Crippen molar-refractivity contribution in [1.29, 1.82) is 0 Å². The van der Waals surface area contributed by atoms with Crippen molar-refractivity contribution in [3.8, 4) is 0 Å². The maximum absolute atomic E-state index is 13.0. The number of nitrogen functional groups attached to an aromatic ring is 1. The number of nitrogens with two attached hydrogens (primary N) is 1. The van der Waals surface area contributed by atoms with Crippen molar-refractivity contribution in [2.75, 3.05) is 19.5 Å². The zero-order valence-electron chi connectivity index (χ0n) is 17.2. The lowest BCUT2D eigenvalue weighted by Gasteiger charge is -2.10. The number of aromatic nitrogens is 1. The Hall–Kier alpha value is -3.24. The summed E-state index contributed by atoms with van der Waals surface area (Å²) in [6.07, 6.45) is 9.32. The minimum atomic E-state index is 0.0587. The number of benzene rings is 2. The average molecular weight is 399 g/mol. The molecule has 30 heavy (non-hydrogen) atoms. The van der Waals surface area contributed by atoms with Crippen LogP contribution in [0, 0.1) is 0 Å². The van der Waals surface area contributed by atoms with E-state index in [0.717, 1.165) is 53.6 Å². The van der Waals surface area contributed by atoms with Crippen LogP contribution in [0.2, 0.25) is 0 Å². The molecule has 2 N–H and O–H groups in total. The summed E-state index contributed by atoms with van der Waals surface area (Å²) in [5.41, 5.74) is 12.7. The van der Waals surface area contributed by atoms with E-state index in [1.807, 2.05) is 48.5 Å². The monoisotopic (exact) mass is 398 g/mol. The Morgan fingerprint density at radius 1 is 1.13 bits per heavy atom. The van der Waals surface area contributed by atoms with Gasteiger partial charge in [-0.1, -0.05) is 30.4 Å². The summed E-state index contributed by atoms with van der Waals surface area (Å²) in [6, 6.07) is 15.7. The lowest BCUT2D eigenvalue weighted by atomic mass is 9.96. The zero-order chi connectivity index (χ0) is 20.9. The van der Waals surface area contributed by atoms with Crippen LogP contribution in [-0.4, -0.2) is 24.5 Å². The lowest BCUT2D eigenvalue weighted by Crippen LogP contribution is -2.06. The molecule has 1 heterocycles. The molecule has 152 valence electrons. The molecule has 3 aromatic rings. The van der Waals surface area contributed by atoms with Crippen molar-refractivity contribution in [3.63, 3.8) is 0 Å². The minimum Gasteiger partial charge on any atom is -0.398 e. The Bertz CT molecular complexity index is 1140. The second kappa shape index (κ2) is 9.06. The van der Waals surface area contributed by atoms with Crippen molar-refractivity contribution in [3.05, 3.63) is 89.1 Å². The first-order valence-electron chi connectivity index (χ1n) is 10.3. The van der Waals surface area contributed by atoms with Crippen LogP contribution in [0.1, 0.15) is 40.0 Å². The van der Waals surface area contributed by atoms with Gasteiger partial charge in [0.2, 0.25) is 0 Å². The highest BCUT2D eigenvalue weighted by molar-refractivity contribution is 6.01. The van der Waals surface area contributed by atoms with Crippen LogP contribution in [0.4, 0.5) is 5.69 Å². The van der Waals surface area contributed by atoms with Crippen LogP contribution in [0.5, 0.6) is 0 Å². The number of methoxy groups -OCH3 is 1. The third kappa shape index (κ3) is 4.50. The highest BCUT2D eigenvalue weighted by Gasteiger charge is 2.13. The van der Waals surface area contributed by atoms with E-state index in [9.17, 15) is 4.79 Å². The first-order valence-corrected chi connectivity index (χ1v) is 10.3. The van der Waals surface area contributed by atoms with Crippen LogP contribution in [0.3, 0.4) is 0 Å². The Balaban J connectivity index is 1.52. The van der Waals surface area contributed by atoms with Gasteiger partial charge >= 0.3 is 0 Å². The van der Waals surface area contributed by atoms with Crippen molar-refractivity contribution in [2.24, 2.45) is 0 Å². The third-order valence-electron chi connectivity index (χ3n) is 5.49. The number of anilines is 1. The number of fused-ring (bicyclic) bond motifs is 1. The highest BCUT2D eigenvalue weighted by Crippen LogP contribution is 2.27. The summed E-state index contributed by atoms with van der Waals surface area (Å²) in [4.78, 5) is 17.7. The van der Waals surface area contributed by atoms with Gasteiger partial charge in [-0.25, -0.2) is 0 Å². The van der Waals surface area contributed by atoms with Crippen molar-refractivity contribution in [1.82, 2.24) is 4.98 Å². The normalized spacial score (nSPS) is 13.0. The summed E-state index contributed by atoms with van der Waals surface area (Å²) in [6.45, 7) is 0.727. The van der Waals surface area contributed by atoms with Crippen LogP contribution in [0.25, 0.3) is 16.5 Å². The Kier molecular flexibility index (Phi) is 6.05. The van der Waals surface area contributed by atoms with Crippen LogP contribution in [-0.2, 0) is 17.6 Å². The fourth-order valence-corrected chi connectivity index (χ4v) is 3.77. The number of carbonyl (C=O) groups is 1. The van der Waals surface area contributed by atoms with Crippen LogP contribution in [0.15, 0.2) is 66.8 Å². The number of hydrogen-bond acceptors (Lipinski definition) is 4. The lowest BCUT2D eigenvalue weighted by molar-refractivity contribution is 0.0993. The van der Waals surface area contributed by atoms with E-state index in [1.54, 1.807) is 7.11 Å². The van der Waals surface area contributed by atoms with Crippen LogP contribution >= 0.6 is 0 Å². The molecule has 4 heteroatoms. The summed E-state index contributed by atoms with van der Waals surface area (Å²) in [7, 11) is 1.71. The molecule has 0 unspecified atom stereocenters. The van der Waals surface area contributed by atoms with Gasteiger partial charge < -0.3 is 10.5 Å². The number of rotatable bonds is 8. The smallest absolute Gasteiger partial charge is 0.167 e. The Morgan fingerprint density at radius 2 is 2.03 bits per heavy atom. The topological polar surface area (TPSA) is 65.2 Å². The highest BCUT2D eigenvalue weighted by atomic mass is 16.5. The summed E-state index contributed by atoms with van der Waals surface area (Å²) < 4.78 is 5.11. The average Bonchev–Trinajstić information content (AvgIpc) is 3.30. The number of pyridine rings is 1. The molecule has 4 nitrogen and oxygen atoms in total. The van der Waals surface area contributed by atoms with Gasteiger partial charge in [0.05, 0.1) is 5.52 Å². The second-order valence-electron chi connectivity index (χ2n) is 7.64. The van der Waals surface area contributed by atoms with E-state index in [1.165, 1.54) is 5.57 Å². The van der Waals surface area contributed by atoms with Gasteiger partial charge in [0.1, 0.15) is 0 Å². The number of carbonyl (C=O) groups excluding carboxylic acids is 1. The molecular weight excluding hydrogens is 372 g/mol. The predicted octanol–water partition coefficient (Wildman–Crippen LogP) is 5.16. The summed E-state index contributed by atoms with van der Waals surface area (Å²) >= 11 is 0. The molecule has 4 rings (SSSR count). The van der Waals surface area contributed by atoms with E-state index in [2.05, 4.69) is 18.2 Å². The van der Waals surface area contributed by atoms with Crippen LogP contribution < -0.4 is 5.73 Å². The summed E-state index contributed by atoms with van der Waals surface area (Å²) in [5.74, 6) is 0.0587. The molecule has 2 aromatic carbocycles. The third-order valence-corrected chi connectivity index (χ3v) is 5.49. The molecule has 0 spiro atoms. The molecule has 0 saturated carbocycles. The quantitative estimate of drug-likeness (QED) is 0.323. The SMILES string of the molecule is COCCCc1ccc2cc(C(=O)Cc3cc(C4=CC=CC4)ccc3N)ccc2n1. The number of nitrogens with zero attached hydrogens (tertiary/aromatic N) is 1. The fraction of sp³-hybridized carbons (Fsp3) is 0.231. The standard InChI is InChI=1S/C26H26N2O2/c1-30-14-4-7-23-11-8-20-16-21(10-13-25(20)28-23)26(29)17-22-15-19(9-12-24(22)27)18-5-2-3-6-18/h2-3,5,8-13,15-16H,4,6-7,14,17,27H2,1H3. The first kappa shape index (κ1) is 20.0. The molecule has 0 fully saturated rings. The summed E-state index contributed by atoms with van der Waals surface area (Å²) in [5, 5.41) is 0.972. The predicted molar refractivity (Wildman–Crippen MR) is 123 cm³/mol. The fourth-order valence-electron chi connectivity index (χ4n) is 3.77. The van der Waals surface area contributed by atoms with Gasteiger partial charge in [-0.15, -0.1) is 0 Å². The van der Waals surface area contributed by atoms with E-state index in [4.69, 9.17) is 15.5 Å². The maximum atomic E-state index is 13.0. The Morgan fingerprint density at radius 3 is 2.83 bits per heavy atom. The molecule has 1 aliphatic rings. The number of allylic oxidation sites excluding steroid dienone is 4. The Labute approximate surface area is 177 Å². The van der Waals surface area contributed by atoms with E-state index < -0.39 is 0 Å². The van der Waals surface area contributed by atoms with Crippen molar-refractivity contribution >= 4 is 27.9 Å². The minimum absolute atomic E-state index is 0.0587. The van der Waals surface area contributed by atoms with E-state index in [0.29, 0.717) is 11.3 Å². The molecule has 0 atom stereocenters. The molecule has 0 aliphatic heterocycles. The second-order valence-corrected chi connectivity index (χ2v) is 7.64. The van der Waals surface area contributed by atoms with E-state index in [-0.39, 0.29) is 12.2 Å². The number of Topliss-reactive ketones (excluding diaryl/α,β-unsaturated/α-hetero) is 1. The van der Waals surface area contributed by atoms with Gasteiger partial charge in [0.15, 0.2) is 5.78 Å². The number of ketones is 1. The molecule has 0 saturated heterocycles. The molecule has 0 radical (unpaired) electrons. The number of ether oxygens (including phenoxy) is 1. The van der Waals surface area contributed by atoms with Crippen molar-refractivity contribution in [2.45, 2.75) is 25.7 Å². The molecule has 1 aliphatic carbocycles. The first-order chi connectivity index (χ1) is 14.6. The van der Waals surface area contributed by atoms with Crippen molar-refractivity contribution < 1.29 is 9.53 Å². The molecule has 0 amide bonds. The van der Waals surface area contributed by atoms with Gasteiger partial charge in [0, 0.05) is 42.5 Å². The van der Waals surface area contributed by atoms with Gasteiger partial charge in [0.25, 0.3) is 0 Å². The molecular formula is C26H26N2O2. The maximum Gasteiger partial charge on any atom is 0.167 e. The van der Waals surface area contributed by atoms with E-state index >= 15 is 0 Å².